The number of likely N-dealkylation sites (tertiary alicyclic amines) is 1. The zero-order valence-electron chi connectivity index (χ0n) is 21.0. The molecule has 2 aliphatic rings. The SMILES string of the molecule is C[C@@H]1CN(Cc2ccc(-n3ccnc3C(=O)N3CCC(Nc4ccccc4F)CC3)cc2)C[C@H](C)N1. The fourth-order valence-electron chi connectivity index (χ4n) is 5.43. The molecule has 7 nitrogen and oxygen atoms in total. The number of aromatic nitrogens is 2. The van der Waals surface area contributed by atoms with Gasteiger partial charge in [0.2, 0.25) is 5.82 Å². The Hall–Kier alpha value is -3.23. The number of nitrogens with one attached hydrogen (secondary N) is 2. The number of benzene rings is 2. The summed E-state index contributed by atoms with van der Waals surface area (Å²) in [7, 11) is 0. The highest BCUT2D eigenvalue weighted by Crippen LogP contribution is 2.21. The van der Waals surface area contributed by atoms with Crippen molar-refractivity contribution in [1.29, 1.82) is 0 Å². The van der Waals surface area contributed by atoms with Crippen molar-refractivity contribution in [2.75, 3.05) is 31.5 Å². The van der Waals surface area contributed by atoms with Crippen molar-refractivity contribution in [2.24, 2.45) is 0 Å². The van der Waals surface area contributed by atoms with Gasteiger partial charge < -0.3 is 15.5 Å². The van der Waals surface area contributed by atoms with Gasteiger partial charge in [-0.25, -0.2) is 9.37 Å². The van der Waals surface area contributed by atoms with E-state index in [0.29, 0.717) is 36.7 Å². The third kappa shape index (κ3) is 5.60. The van der Waals surface area contributed by atoms with Crippen molar-refractivity contribution < 1.29 is 9.18 Å². The lowest BCUT2D eigenvalue weighted by Crippen LogP contribution is -2.53. The minimum absolute atomic E-state index is 0.0720. The molecule has 2 atom stereocenters. The van der Waals surface area contributed by atoms with Gasteiger partial charge in [-0.1, -0.05) is 24.3 Å². The number of anilines is 1. The molecule has 3 heterocycles. The number of hydrogen-bond donors (Lipinski definition) is 2. The molecule has 2 fully saturated rings. The fraction of sp³-hybridized carbons (Fsp3) is 0.429. The third-order valence-electron chi connectivity index (χ3n) is 7.10. The molecule has 3 aromatic rings. The van der Waals surface area contributed by atoms with Crippen molar-refractivity contribution in [2.45, 2.75) is 51.4 Å². The molecule has 5 rings (SSSR count). The molecule has 2 aromatic carbocycles. The lowest BCUT2D eigenvalue weighted by atomic mass is 10.0. The minimum Gasteiger partial charge on any atom is -0.380 e. The normalized spacial score (nSPS) is 21.5. The number of carbonyl (C=O) groups excluding carboxylic acids is 1. The maximum absolute atomic E-state index is 14.0. The molecule has 0 bridgehead atoms. The van der Waals surface area contributed by atoms with Gasteiger partial charge in [-0.2, -0.15) is 0 Å². The highest BCUT2D eigenvalue weighted by atomic mass is 19.1. The van der Waals surface area contributed by atoms with Gasteiger partial charge in [-0.3, -0.25) is 14.3 Å². The van der Waals surface area contributed by atoms with Crippen LogP contribution < -0.4 is 10.6 Å². The molecule has 2 aliphatic heterocycles. The number of nitrogens with zero attached hydrogens (tertiary/aromatic N) is 4. The van der Waals surface area contributed by atoms with Gasteiger partial charge in [0, 0.05) is 68.9 Å². The Kier molecular flexibility index (Phi) is 7.34. The third-order valence-corrected chi connectivity index (χ3v) is 7.10. The summed E-state index contributed by atoms with van der Waals surface area (Å²) in [6.45, 7) is 8.67. The minimum atomic E-state index is -0.249. The highest BCUT2D eigenvalue weighted by Gasteiger charge is 2.27. The number of hydrogen-bond acceptors (Lipinski definition) is 5. The molecule has 0 radical (unpaired) electrons. The van der Waals surface area contributed by atoms with Crippen LogP contribution in [-0.2, 0) is 6.54 Å². The lowest BCUT2D eigenvalue weighted by Gasteiger charge is -2.36. The standard InChI is InChI=1S/C28H35FN6O/c1-20-17-33(18-21(2)31-20)19-22-7-9-24(10-8-22)35-16-13-30-27(35)28(36)34-14-11-23(12-15-34)32-26-6-4-3-5-25(26)29/h3-10,13,16,20-21,23,31-32H,11-12,14-15,17-19H2,1-2H3/t20-,21+. The number of para-hydroxylation sites is 1. The summed E-state index contributed by atoms with van der Waals surface area (Å²) in [5, 5.41) is 6.85. The molecule has 1 aromatic heterocycles. The Morgan fingerprint density at radius 3 is 2.44 bits per heavy atom. The van der Waals surface area contributed by atoms with Crippen LogP contribution in [0.15, 0.2) is 60.9 Å². The van der Waals surface area contributed by atoms with Crippen molar-refractivity contribution in [3.63, 3.8) is 0 Å². The Balaban J connectivity index is 1.20. The number of piperidine rings is 1. The number of imidazole rings is 1. The van der Waals surface area contributed by atoms with E-state index in [4.69, 9.17) is 0 Å². The summed E-state index contributed by atoms with van der Waals surface area (Å²) in [6, 6.07) is 16.2. The molecular formula is C28H35FN6O. The number of piperazine rings is 1. The molecule has 2 N–H and O–H groups in total. The Labute approximate surface area is 212 Å². The highest BCUT2D eigenvalue weighted by molar-refractivity contribution is 5.91. The summed E-state index contributed by atoms with van der Waals surface area (Å²) in [5.74, 6) is 0.103. The maximum atomic E-state index is 14.0. The first-order valence-corrected chi connectivity index (χ1v) is 12.9. The number of amides is 1. The Bertz CT molecular complexity index is 1160. The summed E-state index contributed by atoms with van der Waals surface area (Å²) in [5.41, 5.74) is 2.71. The predicted octanol–water partition coefficient (Wildman–Crippen LogP) is 3.91. The van der Waals surface area contributed by atoms with Crippen molar-refractivity contribution in [1.82, 2.24) is 24.7 Å². The zero-order valence-corrected chi connectivity index (χ0v) is 21.0. The second kappa shape index (κ2) is 10.8. The number of halogens is 1. The van der Waals surface area contributed by atoms with Crippen LogP contribution in [0.1, 0.15) is 42.9 Å². The molecule has 0 unspecified atom stereocenters. The van der Waals surface area contributed by atoms with Gasteiger partial charge in [-0.05, 0) is 56.5 Å². The van der Waals surface area contributed by atoms with Crippen LogP contribution in [0, 0.1) is 5.82 Å². The average molecular weight is 491 g/mol. The second-order valence-electron chi connectivity index (χ2n) is 10.1. The second-order valence-corrected chi connectivity index (χ2v) is 10.1. The lowest BCUT2D eigenvalue weighted by molar-refractivity contribution is 0.0704. The van der Waals surface area contributed by atoms with Crippen molar-refractivity contribution in [3.05, 3.63) is 78.1 Å². The van der Waals surface area contributed by atoms with E-state index in [1.54, 1.807) is 18.3 Å². The van der Waals surface area contributed by atoms with E-state index in [2.05, 4.69) is 58.6 Å². The topological polar surface area (TPSA) is 65.4 Å². The van der Waals surface area contributed by atoms with E-state index in [1.807, 2.05) is 21.7 Å². The maximum Gasteiger partial charge on any atom is 0.290 e. The van der Waals surface area contributed by atoms with Crippen molar-refractivity contribution >= 4 is 11.6 Å². The first kappa shape index (κ1) is 24.5. The van der Waals surface area contributed by atoms with Crippen LogP contribution in [0.4, 0.5) is 10.1 Å². The van der Waals surface area contributed by atoms with Gasteiger partial charge >= 0.3 is 0 Å². The van der Waals surface area contributed by atoms with E-state index in [-0.39, 0.29) is 17.8 Å². The monoisotopic (exact) mass is 490 g/mol. The largest absolute Gasteiger partial charge is 0.380 e. The molecule has 0 spiro atoms. The van der Waals surface area contributed by atoms with Gasteiger partial charge in [0.15, 0.2) is 0 Å². The average Bonchev–Trinajstić information content (AvgIpc) is 3.35. The summed E-state index contributed by atoms with van der Waals surface area (Å²) >= 11 is 0. The van der Waals surface area contributed by atoms with Gasteiger partial charge in [-0.15, -0.1) is 0 Å². The van der Waals surface area contributed by atoms with Crippen LogP contribution in [0.3, 0.4) is 0 Å². The van der Waals surface area contributed by atoms with Crippen LogP contribution in [-0.4, -0.2) is 69.6 Å². The fourth-order valence-corrected chi connectivity index (χ4v) is 5.43. The quantitative estimate of drug-likeness (QED) is 0.549. The molecule has 2 saturated heterocycles. The van der Waals surface area contributed by atoms with E-state index in [9.17, 15) is 9.18 Å². The van der Waals surface area contributed by atoms with Gasteiger partial charge in [0.1, 0.15) is 5.82 Å². The van der Waals surface area contributed by atoms with E-state index in [0.717, 1.165) is 38.2 Å². The summed E-state index contributed by atoms with van der Waals surface area (Å²) in [6.07, 6.45) is 5.04. The first-order valence-electron chi connectivity index (χ1n) is 12.9. The number of carbonyl (C=O) groups is 1. The van der Waals surface area contributed by atoms with E-state index in [1.165, 1.54) is 11.6 Å². The van der Waals surface area contributed by atoms with Crippen LogP contribution in [0.5, 0.6) is 0 Å². The van der Waals surface area contributed by atoms with E-state index >= 15 is 0 Å². The number of rotatable bonds is 6. The molecule has 1 amide bonds. The van der Waals surface area contributed by atoms with Crippen LogP contribution >= 0.6 is 0 Å². The Morgan fingerprint density at radius 2 is 1.75 bits per heavy atom. The van der Waals surface area contributed by atoms with E-state index < -0.39 is 0 Å². The Morgan fingerprint density at radius 1 is 1.06 bits per heavy atom. The first-order chi connectivity index (χ1) is 17.5. The molecule has 190 valence electrons. The molecule has 8 heteroatoms. The van der Waals surface area contributed by atoms with Gasteiger partial charge in [0.25, 0.3) is 5.91 Å². The zero-order chi connectivity index (χ0) is 25.1. The molecule has 0 saturated carbocycles. The van der Waals surface area contributed by atoms with Crippen LogP contribution in [0.2, 0.25) is 0 Å². The smallest absolute Gasteiger partial charge is 0.290 e. The van der Waals surface area contributed by atoms with Gasteiger partial charge in [0.05, 0.1) is 5.69 Å². The van der Waals surface area contributed by atoms with Crippen molar-refractivity contribution in [3.8, 4) is 5.69 Å². The molecule has 36 heavy (non-hydrogen) atoms. The molecular weight excluding hydrogens is 455 g/mol. The predicted molar refractivity (Wildman–Crippen MR) is 140 cm³/mol. The summed E-state index contributed by atoms with van der Waals surface area (Å²) in [4.78, 5) is 22.0. The summed E-state index contributed by atoms with van der Waals surface area (Å²) < 4.78 is 15.8. The van der Waals surface area contributed by atoms with Crippen LogP contribution in [0.25, 0.3) is 5.69 Å². The molecule has 0 aliphatic carbocycles.